The molecule has 1 aliphatic rings. The molecule has 3 heteroatoms. The number of nitrogens with zero attached hydrogens (tertiary/aromatic N) is 1. The zero-order chi connectivity index (χ0) is 10.5. The van der Waals surface area contributed by atoms with Crippen LogP contribution in [0.3, 0.4) is 0 Å². The fourth-order valence-electron chi connectivity index (χ4n) is 2.08. The average Bonchev–Trinajstić information content (AvgIpc) is 2.87. The van der Waals surface area contributed by atoms with Crippen molar-refractivity contribution in [3.05, 3.63) is 21.9 Å². The topological polar surface area (TPSA) is 15.3 Å². The molecule has 1 aromatic heterocycles. The summed E-state index contributed by atoms with van der Waals surface area (Å²) < 4.78 is 0. The van der Waals surface area contributed by atoms with Crippen LogP contribution in [0.1, 0.15) is 30.2 Å². The van der Waals surface area contributed by atoms with Gasteiger partial charge < -0.3 is 5.32 Å². The lowest BCUT2D eigenvalue weighted by atomic mass is 10.2. The normalized spacial score (nSPS) is 17.4. The highest BCUT2D eigenvalue weighted by Crippen LogP contribution is 2.20. The summed E-state index contributed by atoms with van der Waals surface area (Å²) in [6.07, 6.45) is 2.76. The molecular formula is C12H20N2S. The predicted molar refractivity (Wildman–Crippen MR) is 66.2 cm³/mol. The predicted octanol–water partition coefficient (Wildman–Crippen LogP) is 2.45. The first-order valence-corrected chi connectivity index (χ1v) is 6.76. The molecule has 84 valence electrons. The Balaban J connectivity index is 1.91. The van der Waals surface area contributed by atoms with E-state index < -0.39 is 0 Å². The van der Waals surface area contributed by atoms with E-state index in [2.05, 4.69) is 28.6 Å². The van der Waals surface area contributed by atoms with Crippen molar-refractivity contribution >= 4 is 11.3 Å². The molecule has 2 rings (SSSR count). The van der Waals surface area contributed by atoms with Gasteiger partial charge >= 0.3 is 0 Å². The van der Waals surface area contributed by atoms with Crippen LogP contribution in [-0.4, -0.2) is 24.5 Å². The molecule has 0 amide bonds. The number of hydrogen-bond donors (Lipinski definition) is 1. The van der Waals surface area contributed by atoms with Gasteiger partial charge in [-0.15, -0.1) is 11.3 Å². The number of rotatable bonds is 5. The Morgan fingerprint density at radius 3 is 2.93 bits per heavy atom. The monoisotopic (exact) mass is 224 g/mol. The summed E-state index contributed by atoms with van der Waals surface area (Å²) in [5.41, 5.74) is 1.53. The Hall–Kier alpha value is -0.380. The third kappa shape index (κ3) is 3.03. The Morgan fingerprint density at radius 2 is 2.20 bits per heavy atom. The largest absolute Gasteiger partial charge is 0.312 e. The van der Waals surface area contributed by atoms with E-state index in [1.807, 2.05) is 11.3 Å². The van der Waals surface area contributed by atoms with Crippen LogP contribution in [0.5, 0.6) is 0 Å². The minimum atomic E-state index is 1.04. The quantitative estimate of drug-likeness (QED) is 0.826. The summed E-state index contributed by atoms with van der Waals surface area (Å²) in [5, 5.41) is 5.63. The van der Waals surface area contributed by atoms with Gasteiger partial charge in [-0.2, -0.15) is 0 Å². The fraction of sp³-hybridized carbons (Fsp3) is 0.667. The second-order valence-corrected chi connectivity index (χ2v) is 5.13. The van der Waals surface area contributed by atoms with Crippen molar-refractivity contribution in [2.24, 2.45) is 0 Å². The molecule has 0 unspecified atom stereocenters. The highest BCUT2D eigenvalue weighted by Gasteiger charge is 2.13. The molecule has 0 bridgehead atoms. The van der Waals surface area contributed by atoms with Gasteiger partial charge in [0.05, 0.1) is 0 Å². The highest BCUT2D eigenvalue weighted by atomic mass is 32.1. The molecule has 0 atom stereocenters. The van der Waals surface area contributed by atoms with E-state index in [4.69, 9.17) is 0 Å². The van der Waals surface area contributed by atoms with E-state index in [1.165, 1.54) is 36.4 Å². The number of thiophene rings is 1. The zero-order valence-electron chi connectivity index (χ0n) is 9.46. The smallest absolute Gasteiger partial charge is 0.0302 e. The van der Waals surface area contributed by atoms with Crippen LogP contribution in [0.25, 0.3) is 0 Å². The number of hydrogen-bond acceptors (Lipinski definition) is 3. The lowest BCUT2D eigenvalue weighted by Crippen LogP contribution is -2.19. The Bertz CT molecular complexity index is 290. The van der Waals surface area contributed by atoms with Gasteiger partial charge in [-0.05, 0) is 49.5 Å². The fourth-order valence-corrected chi connectivity index (χ4v) is 2.95. The van der Waals surface area contributed by atoms with Gasteiger partial charge in [-0.3, -0.25) is 4.90 Å². The van der Waals surface area contributed by atoms with Crippen LogP contribution in [-0.2, 0) is 13.1 Å². The minimum absolute atomic E-state index is 1.04. The summed E-state index contributed by atoms with van der Waals surface area (Å²) in [6, 6.07) is 2.29. The molecule has 1 aromatic rings. The molecule has 15 heavy (non-hydrogen) atoms. The maximum atomic E-state index is 3.41. The molecule has 1 saturated heterocycles. The SMILES string of the molecule is CCNCc1sccc1CN1CCCC1. The molecule has 0 aromatic carbocycles. The molecule has 2 heterocycles. The first-order valence-electron chi connectivity index (χ1n) is 5.88. The molecular weight excluding hydrogens is 204 g/mol. The zero-order valence-corrected chi connectivity index (χ0v) is 10.3. The second-order valence-electron chi connectivity index (χ2n) is 4.13. The van der Waals surface area contributed by atoms with Crippen LogP contribution in [0, 0.1) is 0 Å². The summed E-state index contributed by atoms with van der Waals surface area (Å²) in [6.45, 7) is 7.99. The first kappa shape index (κ1) is 11.1. The first-order chi connectivity index (χ1) is 7.40. The summed E-state index contributed by atoms with van der Waals surface area (Å²) in [7, 11) is 0. The van der Waals surface area contributed by atoms with E-state index in [1.54, 1.807) is 0 Å². The Morgan fingerprint density at radius 1 is 1.40 bits per heavy atom. The standard InChI is InChI=1S/C12H20N2S/c1-2-13-9-12-11(5-8-15-12)10-14-6-3-4-7-14/h5,8,13H,2-4,6-7,9-10H2,1H3. The highest BCUT2D eigenvalue weighted by molar-refractivity contribution is 7.10. The molecule has 0 saturated carbocycles. The van der Waals surface area contributed by atoms with Crippen LogP contribution >= 0.6 is 11.3 Å². The molecule has 2 nitrogen and oxygen atoms in total. The molecule has 0 aliphatic carbocycles. The van der Waals surface area contributed by atoms with E-state index >= 15 is 0 Å². The number of likely N-dealkylation sites (tertiary alicyclic amines) is 1. The van der Waals surface area contributed by atoms with Crippen molar-refractivity contribution in [1.82, 2.24) is 10.2 Å². The van der Waals surface area contributed by atoms with Gasteiger partial charge in [-0.25, -0.2) is 0 Å². The third-order valence-corrected chi connectivity index (χ3v) is 3.93. The summed E-state index contributed by atoms with van der Waals surface area (Å²) >= 11 is 1.88. The van der Waals surface area contributed by atoms with Gasteiger partial charge in [0.25, 0.3) is 0 Å². The van der Waals surface area contributed by atoms with E-state index in [0.717, 1.165) is 19.6 Å². The van der Waals surface area contributed by atoms with Gasteiger partial charge in [-0.1, -0.05) is 6.92 Å². The maximum Gasteiger partial charge on any atom is 0.0302 e. The molecule has 1 aliphatic heterocycles. The van der Waals surface area contributed by atoms with Crippen LogP contribution in [0.15, 0.2) is 11.4 Å². The van der Waals surface area contributed by atoms with Gasteiger partial charge in [0, 0.05) is 18.0 Å². The van der Waals surface area contributed by atoms with Crippen molar-refractivity contribution in [2.45, 2.75) is 32.9 Å². The summed E-state index contributed by atoms with van der Waals surface area (Å²) in [4.78, 5) is 4.08. The Labute approximate surface area is 96.3 Å². The van der Waals surface area contributed by atoms with E-state index in [0.29, 0.717) is 0 Å². The van der Waals surface area contributed by atoms with Crippen molar-refractivity contribution in [1.29, 1.82) is 0 Å². The minimum Gasteiger partial charge on any atom is -0.312 e. The Kier molecular flexibility index (Phi) is 4.18. The lowest BCUT2D eigenvalue weighted by molar-refractivity contribution is 0.330. The second kappa shape index (κ2) is 5.64. The van der Waals surface area contributed by atoms with Gasteiger partial charge in [0.1, 0.15) is 0 Å². The lowest BCUT2D eigenvalue weighted by Gasteiger charge is -2.14. The van der Waals surface area contributed by atoms with Crippen LogP contribution < -0.4 is 5.32 Å². The maximum absolute atomic E-state index is 3.41. The van der Waals surface area contributed by atoms with Crippen LogP contribution in [0.2, 0.25) is 0 Å². The van der Waals surface area contributed by atoms with E-state index in [9.17, 15) is 0 Å². The summed E-state index contributed by atoms with van der Waals surface area (Å²) in [5.74, 6) is 0. The molecule has 0 spiro atoms. The van der Waals surface area contributed by atoms with Crippen LogP contribution in [0.4, 0.5) is 0 Å². The molecule has 0 radical (unpaired) electrons. The van der Waals surface area contributed by atoms with Gasteiger partial charge in [0.2, 0.25) is 0 Å². The third-order valence-electron chi connectivity index (χ3n) is 2.97. The van der Waals surface area contributed by atoms with Crippen molar-refractivity contribution in [2.75, 3.05) is 19.6 Å². The molecule has 1 fully saturated rings. The van der Waals surface area contributed by atoms with Crippen molar-refractivity contribution in [3.63, 3.8) is 0 Å². The number of nitrogens with one attached hydrogen (secondary N) is 1. The van der Waals surface area contributed by atoms with E-state index in [-0.39, 0.29) is 0 Å². The van der Waals surface area contributed by atoms with Crippen molar-refractivity contribution < 1.29 is 0 Å². The van der Waals surface area contributed by atoms with Crippen molar-refractivity contribution in [3.8, 4) is 0 Å². The average molecular weight is 224 g/mol. The molecule has 1 N–H and O–H groups in total. The van der Waals surface area contributed by atoms with Gasteiger partial charge in [0.15, 0.2) is 0 Å².